The van der Waals surface area contributed by atoms with E-state index in [-0.39, 0.29) is 0 Å². The van der Waals surface area contributed by atoms with Gasteiger partial charge in [-0.05, 0) is 26.9 Å². The van der Waals surface area contributed by atoms with Gasteiger partial charge in [0.2, 0.25) is 0 Å². The van der Waals surface area contributed by atoms with Crippen molar-refractivity contribution in [2.75, 3.05) is 16.9 Å². The lowest BCUT2D eigenvalue weighted by atomic mass is 9.88. The average molecular weight is 312 g/mol. The Kier molecular flexibility index (Phi) is 2.42. The third-order valence-electron chi connectivity index (χ3n) is 5.02. The number of nitrogens with one attached hydrogen (secondary N) is 1. The molecular weight excluding hydrogens is 296 g/mol. The van der Waals surface area contributed by atoms with Gasteiger partial charge in [0.25, 0.3) is 0 Å². The van der Waals surface area contributed by atoms with Crippen molar-refractivity contribution in [1.29, 1.82) is 0 Å². The van der Waals surface area contributed by atoms with E-state index in [0.29, 0.717) is 17.1 Å². The molecule has 7 N–H and O–H groups in total. The molecule has 0 heterocycles. The molecule has 4 nitrogen and oxygen atoms in total. The van der Waals surface area contributed by atoms with E-state index in [1.165, 1.54) is 16.2 Å². The Morgan fingerprint density at radius 2 is 1.17 bits per heavy atom. The highest BCUT2D eigenvalue weighted by Crippen LogP contribution is 2.47. The minimum atomic E-state index is 0.494. The quantitative estimate of drug-likeness (QED) is 0.123. The fraction of sp³-hybridized carbons (Fsp3) is 0. The summed E-state index contributed by atoms with van der Waals surface area (Å²) in [5.74, 6) is 5.73. The molecule has 0 spiro atoms. The summed E-state index contributed by atoms with van der Waals surface area (Å²) in [5, 5.41) is 9.02. The van der Waals surface area contributed by atoms with Gasteiger partial charge in [0, 0.05) is 16.2 Å². The number of anilines is 3. The molecule has 0 unspecified atom stereocenters. The lowest BCUT2D eigenvalue weighted by molar-refractivity contribution is 1.37. The first-order chi connectivity index (χ1) is 11.7. The zero-order chi connectivity index (χ0) is 16.4. The van der Waals surface area contributed by atoms with Gasteiger partial charge in [-0.3, -0.25) is 5.84 Å². The Morgan fingerprint density at radius 3 is 1.88 bits per heavy atom. The van der Waals surface area contributed by atoms with E-state index in [1.54, 1.807) is 0 Å². The van der Waals surface area contributed by atoms with Crippen molar-refractivity contribution in [1.82, 2.24) is 0 Å². The monoisotopic (exact) mass is 312 g/mol. The molecule has 5 aromatic carbocycles. The standard InChI is InChI=1S/C20H16N4/c21-18-17-13-8-2-5-10-4-1-6-11(15(10)13)12-7-3-9-14(16(12)17)20(24-23)19(18)22/h1-9,24H,21-23H2. The molecule has 0 aliphatic rings. The molecule has 4 heteroatoms. The van der Waals surface area contributed by atoms with E-state index in [4.69, 9.17) is 17.3 Å². The Hall–Kier alpha value is -3.24. The van der Waals surface area contributed by atoms with Crippen molar-refractivity contribution in [2.45, 2.75) is 0 Å². The average Bonchev–Trinajstić information content (AvgIpc) is 2.62. The number of rotatable bonds is 1. The van der Waals surface area contributed by atoms with Gasteiger partial charge in [-0.25, -0.2) is 0 Å². The second-order valence-corrected chi connectivity index (χ2v) is 6.16. The first-order valence-corrected chi connectivity index (χ1v) is 7.85. The SMILES string of the molecule is NNc1c(N)c(N)c2c3cccc4cccc(c5cccc1c52)c43. The summed E-state index contributed by atoms with van der Waals surface area (Å²) < 4.78 is 0. The molecule has 0 bridgehead atoms. The molecule has 0 aliphatic heterocycles. The number of hydrazine groups is 1. The third kappa shape index (κ3) is 1.41. The van der Waals surface area contributed by atoms with Crippen LogP contribution in [0.15, 0.2) is 54.6 Å². The molecule has 0 saturated carbocycles. The largest absolute Gasteiger partial charge is 0.396 e. The predicted octanol–water partition coefficient (Wildman–Crippen LogP) is 4.19. The molecule has 116 valence electrons. The van der Waals surface area contributed by atoms with Crippen molar-refractivity contribution in [3.63, 3.8) is 0 Å². The van der Waals surface area contributed by atoms with Gasteiger partial charge >= 0.3 is 0 Å². The van der Waals surface area contributed by atoms with E-state index in [0.717, 1.165) is 26.9 Å². The summed E-state index contributed by atoms with van der Waals surface area (Å²) >= 11 is 0. The maximum Gasteiger partial charge on any atom is 0.0817 e. The summed E-state index contributed by atoms with van der Waals surface area (Å²) in [5.41, 5.74) is 17.2. The van der Waals surface area contributed by atoms with Crippen LogP contribution in [-0.4, -0.2) is 0 Å². The topological polar surface area (TPSA) is 90.1 Å². The summed E-state index contributed by atoms with van der Waals surface area (Å²) in [4.78, 5) is 0. The van der Waals surface area contributed by atoms with Crippen LogP contribution >= 0.6 is 0 Å². The van der Waals surface area contributed by atoms with Crippen LogP contribution in [0.2, 0.25) is 0 Å². The zero-order valence-corrected chi connectivity index (χ0v) is 12.9. The van der Waals surface area contributed by atoms with Gasteiger partial charge in [0.15, 0.2) is 0 Å². The lowest BCUT2D eigenvalue weighted by Crippen LogP contribution is -2.11. The summed E-state index contributed by atoms with van der Waals surface area (Å²) in [7, 11) is 0. The van der Waals surface area contributed by atoms with Gasteiger partial charge in [0.05, 0.1) is 17.1 Å². The molecule has 0 atom stereocenters. The van der Waals surface area contributed by atoms with Gasteiger partial charge in [-0.2, -0.15) is 0 Å². The number of benzene rings is 5. The number of fused-ring (bicyclic) bond motifs is 2. The van der Waals surface area contributed by atoms with Crippen molar-refractivity contribution in [3.05, 3.63) is 54.6 Å². The zero-order valence-electron chi connectivity index (χ0n) is 12.9. The molecule has 0 fully saturated rings. The highest BCUT2D eigenvalue weighted by atomic mass is 15.2. The summed E-state index contributed by atoms with van der Waals surface area (Å²) in [6, 6.07) is 18.9. The Labute approximate surface area is 138 Å². The lowest BCUT2D eigenvalue weighted by Gasteiger charge is -2.19. The van der Waals surface area contributed by atoms with E-state index in [1.807, 2.05) is 12.1 Å². The van der Waals surface area contributed by atoms with Crippen LogP contribution in [0.3, 0.4) is 0 Å². The minimum Gasteiger partial charge on any atom is -0.396 e. The van der Waals surface area contributed by atoms with Gasteiger partial charge < -0.3 is 16.9 Å². The molecule has 0 aromatic heterocycles. The van der Waals surface area contributed by atoms with Gasteiger partial charge in [-0.1, -0.05) is 54.6 Å². The van der Waals surface area contributed by atoms with Crippen LogP contribution in [-0.2, 0) is 0 Å². The third-order valence-corrected chi connectivity index (χ3v) is 5.02. The molecule has 0 aliphatic carbocycles. The van der Waals surface area contributed by atoms with Crippen molar-refractivity contribution < 1.29 is 0 Å². The molecule has 0 amide bonds. The fourth-order valence-corrected chi connectivity index (χ4v) is 4.01. The Bertz CT molecular complexity index is 1250. The van der Waals surface area contributed by atoms with Gasteiger partial charge in [0.1, 0.15) is 0 Å². The number of hydrogen-bond acceptors (Lipinski definition) is 4. The Morgan fingerprint density at radius 1 is 0.583 bits per heavy atom. The maximum absolute atomic E-state index is 6.45. The summed E-state index contributed by atoms with van der Waals surface area (Å²) in [6.07, 6.45) is 0. The van der Waals surface area contributed by atoms with Crippen molar-refractivity contribution in [3.8, 4) is 0 Å². The van der Waals surface area contributed by atoms with Crippen LogP contribution in [0.4, 0.5) is 17.1 Å². The van der Waals surface area contributed by atoms with E-state index >= 15 is 0 Å². The number of nitrogen functional groups attached to an aromatic ring is 3. The number of nitrogens with two attached hydrogens (primary N) is 3. The smallest absolute Gasteiger partial charge is 0.0817 e. The van der Waals surface area contributed by atoms with Crippen molar-refractivity contribution in [2.24, 2.45) is 5.84 Å². The fourth-order valence-electron chi connectivity index (χ4n) is 4.01. The van der Waals surface area contributed by atoms with Crippen LogP contribution in [0.25, 0.3) is 43.1 Å². The molecule has 5 rings (SSSR count). The van der Waals surface area contributed by atoms with Crippen molar-refractivity contribution >= 4 is 60.2 Å². The summed E-state index contributed by atoms with van der Waals surface area (Å²) in [6.45, 7) is 0. The molecular formula is C20H16N4. The predicted molar refractivity (Wildman–Crippen MR) is 104 cm³/mol. The highest BCUT2D eigenvalue weighted by molar-refractivity contribution is 6.37. The molecule has 0 saturated heterocycles. The molecule has 0 radical (unpaired) electrons. The highest BCUT2D eigenvalue weighted by Gasteiger charge is 2.19. The van der Waals surface area contributed by atoms with Crippen LogP contribution in [0.1, 0.15) is 0 Å². The van der Waals surface area contributed by atoms with Crippen LogP contribution in [0, 0.1) is 0 Å². The van der Waals surface area contributed by atoms with Crippen LogP contribution in [0.5, 0.6) is 0 Å². The number of hydrogen-bond donors (Lipinski definition) is 4. The van der Waals surface area contributed by atoms with Crippen LogP contribution < -0.4 is 22.7 Å². The van der Waals surface area contributed by atoms with Gasteiger partial charge in [-0.15, -0.1) is 0 Å². The van der Waals surface area contributed by atoms with E-state index in [2.05, 4.69) is 47.9 Å². The first kappa shape index (κ1) is 13.2. The minimum absolute atomic E-state index is 0.494. The van der Waals surface area contributed by atoms with E-state index < -0.39 is 0 Å². The normalized spacial score (nSPS) is 11.9. The first-order valence-electron chi connectivity index (χ1n) is 7.85. The Balaban J connectivity index is 2.27. The maximum atomic E-state index is 6.45. The van der Waals surface area contributed by atoms with E-state index in [9.17, 15) is 0 Å². The molecule has 5 aromatic rings. The molecule has 24 heavy (non-hydrogen) atoms. The second-order valence-electron chi connectivity index (χ2n) is 6.16. The second kappa shape index (κ2) is 4.40.